The standard InChI is InChI=1S/C13H23N3O/c1-10(9-14)13-15-12(17-16-13)8-11-6-4-2-3-5-7-11/h10-11H,2-9,14H2,1H3. The highest BCUT2D eigenvalue weighted by Crippen LogP contribution is 2.25. The maximum absolute atomic E-state index is 5.60. The monoisotopic (exact) mass is 237 g/mol. The molecule has 0 saturated heterocycles. The zero-order chi connectivity index (χ0) is 12.1. The lowest BCUT2D eigenvalue weighted by Gasteiger charge is -2.09. The van der Waals surface area contributed by atoms with Crippen LogP contribution in [0.4, 0.5) is 0 Å². The third-order valence-corrected chi connectivity index (χ3v) is 3.72. The van der Waals surface area contributed by atoms with E-state index in [9.17, 15) is 0 Å². The van der Waals surface area contributed by atoms with Crippen molar-refractivity contribution in [3.63, 3.8) is 0 Å². The van der Waals surface area contributed by atoms with Gasteiger partial charge in [-0.05, 0) is 18.8 Å². The number of nitrogens with two attached hydrogens (primary N) is 1. The third kappa shape index (κ3) is 3.53. The van der Waals surface area contributed by atoms with Gasteiger partial charge in [-0.25, -0.2) is 0 Å². The maximum Gasteiger partial charge on any atom is 0.226 e. The van der Waals surface area contributed by atoms with Gasteiger partial charge in [0.2, 0.25) is 5.89 Å². The molecule has 1 unspecified atom stereocenters. The first-order chi connectivity index (χ1) is 8.29. The second-order valence-corrected chi connectivity index (χ2v) is 5.24. The number of hydrogen-bond donors (Lipinski definition) is 1. The number of hydrogen-bond acceptors (Lipinski definition) is 4. The van der Waals surface area contributed by atoms with Gasteiger partial charge in [0.05, 0.1) is 0 Å². The van der Waals surface area contributed by atoms with Crippen LogP contribution < -0.4 is 5.73 Å². The smallest absolute Gasteiger partial charge is 0.226 e. The van der Waals surface area contributed by atoms with E-state index < -0.39 is 0 Å². The molecule has 1 aliphatic rings. The molecule has 1 aliphatic carbocycles. The molecule has 17 heavy (non-hydrogen) atoms. The Morgan fingerprint density at radius 2 is 2.00 bits per heavy atom. The summed E-state index contributed by atoms with van der Waals surface area (Å²) < 4.78 is 5.31. The Labute approximate surface area is 103 Å². The molecule has 0 aliphatic heterocycles. The number of rotatable bonds is 4. The van der Waals surface area contributed by atoms with Crippen molar-refractivity contribution >= 4 is 0 Å². The second-order valence-electron chi connectivity index (χ2n) is 5.24. The first-order valence-electron chi connectivity index (χ1n) is 6.82. The van der Waals surface area contributed by atoms with Gasteiger partial charge in [0.15, 0.2) is 5.82 Å². The molecule has 0 radical (unpaired) electrons. The molecule has 2 rings (SSSR count). The molecule has 1 fully saturated rings. The van der Waals surface area contributed by atoms with Crippen LogP contribution in [0.25, 0.3) is 0 Å². The fraction of sp³-hybridized carbons (Fsp3) is 0.846. The molecule has 96 valence electrons. The number of nitrogens with zero attached hydrogens (tertiary/aromatic N) is 2. The van der Waals surface area contributed by atoms with Gasteiger partial charge in [0.25, 0.3) is 0 Å². The molecule has 2 N–H and O–H groups in total. The van der Waals surface area contributed by atoms with Crippen LogP contribution in [0.5, 0.6) is 0 Å². The highest BCUT2D eigenvalue weighted by molar-refractivity contribution is 4.95. The van der Waals surface area contributed by atoms with Crippen molar-refractivity contribution < 1.29 is 4.52 Å². The molecule has 0 bridgehead atoms. The summed E-state index contributed by atoms with van der Waals surface area (Å²) in [6.07, 6.45) is 9.04. The van der Waals surface area contributed by atoms with E-state index in [2.05, 4.69) is 10.1 Å². The van der Waals surface area contributed by atoms with Gasteiger partial charge in [0.1, 0.15) is 0 Å². The van der Waals surface area contributed by atoms with Crippen LogP contribution in [-0.2, 0) is 6.42 Å². The van der Waals surface area contributed by atoms with Gasteiger partial charge in [0, 0.05) is 18.9 Å². The van der Waals surface area contributed by atoms with Gasteiger partial charge in [-0.15, -0.1) is 0 Å². The Hall–Kier alpha value is -0.900. The highest BCUT2D eigenvalue weighted by atomic mass is 16.5. The molecular weight excluding hydrogens is 214 g/mol. The summed E-state index contributed by atoms with van der Waals surface area (Å²) >= 11 is 0. The SMILES string of the molecule is CC(CN)c1noc(CC2CCCCCC2)n1. The minimum absolute atomic E-state index is 0.196. The summed E-state index contributed by atoms with van der Waals surface area (Å²) in [6.45, 7) is 2.60. The first kappa shape index (κ1) is 12.6. The molecule has 1 aromatic rings. The molecule has 0 spiro atoms. The van der Waals surface area contributed by atoms with E-state index in [1.807, 2.05) is 6.92 Å². The zero-order valence-corrected chi connectivity index (χ0v) is 10.7. The minimum Gasteiger partial charge on any atom is -0.339 e. The average Bonchev–Trinajstić information content (AvgIpc) is 2.65. The van der Waals surface area contributed by atoms with E-state index in [0.29, 0.717) is 6.54 Å². The normalized spacial score (nSPS) is 20.1. The molecule has 4 heteroatoms. The third-order valence-electron chi connectivity index (χ3n) is 3.72. The van der Waals surface area contributed by atoms with E-state index in [0.717, 1.165) is 24.1 Å². The lowest BCUT2D eigenvalue weighted by atomic mass is 9.97. The van der Waals surface area contributed by atoms with E-state index in [1.165, 1.54) is 38.5 Å². The second kappa shape index (κ2) is 6.15. The maximum atomic E-state index is 5.60. The van der Waals surface area contributed by atoms with Gasteiger partial charge < -0.3 is 10.3 Å². The lowest BCUT2D eigenvalue weighted by Crippen LogP contribution is -2.10. The largest absolute Gasteiger partial charge is 0.339 e. The van der Waals surface area contributed by atoms with E-state index in [-0.39, 0.29) is 5.92 Å². The summed E-state index contributed by atoms with van der Waals surface area (Å²) in [7, 11) is 0. The topological polar surface area (TPSA) is 64.9 Å². The van der Waals surface area contributed by atoms with Crippen molar-refractivity contribution in [2.75, 3.05) is 6.54 Å². The molecule has 4 nitrogen and oxygen atoms in total. The summed E-state index contributed by atoms with van der Waals surface area (Å²) in [5.41, 5.74) is 5.60. The van der Waals surface area contributed by atoms with Gasteiger partial charge in [-0.1, -0.05) is 37.8 Å². The van der Waals surface area contributed by atoms with Crippen molar-refractivity contribution in [3.05, 3.63) is 11.7 Å². The predicted octanol–water partition coefficient (Wildman–Crippen LogP) is 2.64. The molecule has 1 heterocycles. The molecule has 1 saturated carbocycles. The van der Waals surface area contributed by atoms with E-state index in [1.54, 1.807) is 0 Å². The van der Waals surface area contributed by atoms with Crippen molar-refractivity contribution in [2.45, 2.75) is 57.8 Å². The fourth-order valence-corrected chi connectivity index (χ4v) is 2.47. The quantitative estimate of drug-likeness (QED) is 0.818. The fourth-order valence-electron chi connectivity index (χ4n) is 2.47. The van der Waals surface area contributed by atoms with Crippen LogP contribution >= 0.6 is 0 Å². The first-order valence-corrected chi connectivity index (χ1v) is 6.82. The van der Waals surface area contributed by atoms with Gasteiger partial charge in [-0.2, -0.15) is 4.98 Å². The lowest BCUT2D eigenvalue weighted by molar-refractivity contribution is 0.335. The summed E-state index contributed by atoms with van der Waals surface area (Å²) in [5.74, 6) is 2.49. The average molecular weight is 237 g/mol. The minimum atomic E-state index is 0.196. The van der Waals surface area contributed by atoms with E-state index in [4.69, 9.17) is 10.3 Å². The van der Waals surface area contributed by atoms with E-state index >= 15 is 0 Å². The summed E-state index contributed by atoms with van der Waals surface area (Å²) in [6, 6.07) is 0. The van der Waals surface area contributed by atoms with Crippen LogP contribution in [0.15, 0.2) is 4.52 Å². The Morgan fingerprint density at radius 1 is 1.29 bits per heavy atom. The summed E-state index contributed by atoms with van der Waals surface area (Å²) in [5, 5.41) is 4.01. The molecular formula is C13H23N3O. The van der Waals surface area contributed by atoms with Crippen LogP contribution in [0, 0.1) is 5.92 Å². The van der Waals surface area contributed by atoms with Crippen molar-refractivity contribution in [1.82, 2.24) is 10.1 Å². The van der Waals surface area contributed by atoms with Crippen LogP contribution in [0.2, 0.25) is 0 Å². The van der Waals surface area contributed by atoms with Crippen molar-refractivity contribution in [2.24, 2.45) is 11.7 Å². The van der Waals surface area contributed by atoms with Crippen molar-refractivity contribution in [1.29, 1.82) is 0 Å². The molecule has 1 atom stereocenters. The van der Waals surface area contributed by atoms with Gasteiger partial charge in [-0.3, -0.25) is 0 Å². The zero-order valence-electron chi connectivity index (χ0n) is 10.7. The predicted molar refractivity (Wildman–Crippen MR) is 66.7 cm³/mol. The molecule has 1 aromatic heterocycles. The van der Waals surface area contributed by atoms with Gasteiger partial charge >= 0.3 is 0 Å². The Morgan fingerprint density at radius 3 is 2.65 bits per heavy atom. The Kier molecular flexibility index (Phi) is 4.54. The van der Waals surface area contributed by atoms with Crippen molar-refractivity contribution in [3.8, 4) is 0 Å². The summed E-state index contributed by atoms with van der Waals surface area (Å²) in [4.78, 5) is 4.45. The van der Waals surface area contributed by atoms with Crippen LogP contribution in [0.1, 0.15) is 63.1 Å². The van der Waals surface area contributed by atoms with Crippen LogP contribution in [0.3, 0.4) is 0 Å². The van der Waals surface area contributed by atoms with Crippen LogP contribution in [-0.4, -0.2) is 16.7 Å². The Balaban J connectivity index is 1.91. The molecule has 0 aromatic carbocycles. The molecule has 0 amide bonds. The number of aromatic nitrogens is 2. The Bertz CT molecular complexity index is 329. The highest BCUT2D eigenvalue weighted by Gasteiger charge is 2.18.